The van der Waals surface area contributed by atoms with Crippen LogP contribution in [0.2, 0.25) is 0 Å². The molecule has 4 N–H and O–H groups in total. The van der Waals surface area contributed by atoms with Gasteiger partial charge in [0.25, 0.3) is 5.91 Å². The van der Waals surface area contributed by atoms with Gasteiger partial charge in [0.05, 0.1) is 24.8 Å². The normalized spacial score (nSPS) is 16.8. The Morgan fingerprint density at radius 2 is 2.28 bits per heavy atom. The fourth-order valence-electron chi connectivity index (χ4n) is 2.11. The summed E-state index contributed by atoms with van der Waals surface area (Å²) in [5.74, 6) is 0.369. The van der Waals surface area contributed by atoms with Gasteiger partial charge in [-0.1, -0.05) is 0 Å². The second-order valence-corrected chi connectivity index (χ2v) is 4.70. The molecular weight excluding hydrogens is 232 g/mol. The Bertz CT molecular complexity index is 450. The van der Waals surface area contributed by atoms with Gasteiger partial charge in [0.2, 0.25) is 0 Å². The molecule has 1 saturated carbocycles. The molecule has 0 saturated heterocycles. The highest BCUT2D eigenvalue weighted by Crippen LogP contribution is 2.32. The molecule has 1 amide bonds. The molecule has 1 aliphatic carbocycles. The number of aliphatic hydroxyl groups excluding tert-OH is 1. The first kappa shape index (κ1) is 12.7. The van der Waals surface area contributed by atoms with Crippen molar-refractivity contribution >= 4 is 11.6 Å². The second kappa shape index (κ2) is 4.86. The van der Waals surface area contributed by atoms with Gasteiger partial charge in [-0.15, -0.1) is 0 Å². The van der Waals surface area contributed by atoms with Crippen molar-refractivity contribution in [2.75, 3.05) is 19.5 Å². The van der Waals surface area contributed by atoms with Gasteiger partial charge in [-0.25, -0.2) is 0 Å². The quantitative estimate of drug-likeness (QED) is 0.694. The monoisotopic (exact) mass is 250 g/mol. The summed E-state index contributed by atoms with van der Waals surface area (Å²) < 4.78 is 5.03. The zero-order valence-electron chi connectivity index (χ0n) is 10.4. The lowest BCUT2D eigenvalue weighted by atomic mass is 9.77. The fourth-order valence-corrected chi connectivity index (χ4v) is 2.11. The van der Waals surface area contributed by atoms with Crippen molar-refractivity contribution in [2.45, 2.75) is 24.8 Å². The summed E-state index contributed by atoms with van der Waals surface area (Å²) >= 11 is 0. The van der Waals surface area contributed by atoms with E-state index in [9.17, 15) is 9.90 Å². The zero-order valence-corrected chi connectivity index (χ0v) is 10.4. The number of methoxy groups -OCH3 is 1. The van der Waals surface area contributed by atoms with E-state index in [4.69, 9.17) is 10.5 Å². The van der Waals surface area contributed by atoms with Crippen molar-refractivity contribution in [3.05, 3.63) is 23.8 Å². The van der Waals surface area contributed by atoms with Gasteiger partial charge in [-0.3, -0.25) is 4.79 Å². The van der Waals surface area contributed by atoms with Gasteiger partial charge >= 0.3 is 0 Å². The Hall–Kier alpha value is -1.75. The smallest absolute Gasteiger partial charge is 0.253 e. The van der Waals surface area contributed by atoms with E-state index in [1.54, 1.807) is 25.3 Å². The molecule has 5 heteroatoms. The Labute approximate surface area is 106 Å². The molecular formula is C13H18N2O3. The molecule has 98 valence electrons. The van der Waals surface area contributed by atoms with Crippen LogP contribution < -0.4 is 15.8 Å². The minimum absolute atomic E-state index is 0.0329. The van der Waals surface area contributed by atoms with E-state index in [0.717, 1.165) is 19.3 Å². The number of amides is 1. The summed E-state index contributed by atoms with van der Waals surface area (Å²) in [4.78, 5) is 12.1. The lowest BCUT2D eigenvalue weighted by Gasteiger charge is -2.41. The van der Waals surface area contributed by atoms with Gasteiger partial charge in [0.15, 0.2) is 0 Å². The highest BCUT2D eigenvalue weighted by Gasteiger charge is 2.38. The molecule has 2 rings (SSSR count). The minimum Gasteiger partial charge on any atom is -0.497 e. The van der Waals surface area contributed by atoms with Crippen molar-refractivity contribution in [1.29, 1.82) is 0 Å². The number of hydrogen-bond donors (Lipinski definition) is 3. The van der Waals surface area contributed by atoms with E-state index in [1.807, 2.05) is 0 Å². The van der Waals surface area contributed by atoms with Gasteiger partial charge in [0.1, 0.15) is 5.75 Å². The molecule has 0 bridgehead atoms. The predicted molar refractivity (Wildman–Crippen MR) is 68.5 cm³/mol. The molecule has 1 fully saturated rings. The van der Waals surface area contributed by atoms with Crippen LogP contribution in [0.25, 0.3) is 0 Å². The lowest BCUT2D eigenvalue weighted by molar-refractivity contribution is 0.0642. The van der Waals surface area contributed by atoms with E-state index in [-0.39, 0.29) is 12.5 Å². The first-order valence-corrected chi connectivity index (χ1v) is 5.97. The highest BCUT2D eigenvalue weighted by atomic mass is 16.5. The van der Waals surface area contributed by atoms with Crippen molar-refractivity contribution in [3.8, 4) is 5.75 Å². The van der Waals surface area contributed by atoms with Gasteiger partial charge in [-0.2, -0.15) is 0 Å². The van der Waals surface area contributed by atoms with Crippen LogP contribution in [-0.4, -0.2) is 30.3 Å². The Morgan fingerprint density at radius 3 is 2.72 bits per heavy atom. The summed E-state index contributed by atoms with van der Waals surface area (Å²) in [6, 6.07) is 4.94. The maximum atomic E-state index is 12.1. The highest BCUT2D eigenvalue weighted by molar-refractivity contribution is 5.99. The van der Waals surface area contributed by atoms with Gasteiger partial charge in [0, 0.05) is 11.8 Å². The summed E-state index contributed by atoms with van der Waals surface area (Å²) in [7, 11) is 1.55. The van der Waals surface area contributed by atoms with Crippen LogP contribution in [0.5, 0.6) is 5.75 Å². The largest absolute Gasteiger partial charge is 0.497 e. The van der Waals surface area contributed by atoms with Crippen molar-refractivity contribution in [2.24, 2.45) is 0 Å². The number of carbonyl (C=O) groups is 1. The second-order valence-electron chi connectivity index (χ2n) is 4.70. The van der Waals surface area contributed by atoms with Crippen LogP contribution in [0, 0.1) is 0 Å². The Kier molecular flexibility index (Phi) is 3.43. The van der Waals surface area contributed by atoms with Crippen molar-refractivity contribution in [1.82, 2.24) is 5.32 Å². The average molecular weight is 250 g/mol. The number of anilines is 1. The predicted octanol–water partition coefficient (Wildman–Crippen LogP) is 0.922. The minimum atomic E-state index is -0.455. The molecule has 5 nitrogen and oxygen atoms in total. The first-order valence-electron chi connectivity index (χ1n) is 5.97. The summed E-state index contributed by atoms with van der Waals surface area (Å²) in [5, 5.41) is 12.2. The number of nitrogen functional groups attached to an aromatic ring is 1. The van der Waals surface area contributed by atoms with E-state index < -0.39 is 5.54 Å². The van der Waals surface area contributed by atoms with Crippen molar-refractivity contribution < 1.29 is 14.6 Å². The summed E-state index contributed by atoms with van der Waals surface area (Å²) in [6.45, 7) is -0.0329. The van der Waals surface area contributed by atoms with Crippen LogP contribution >= 0.6 is 0 Å². The van der Waals surface area contributed by atoms with Crippen LogP contribution in [0.1, 0.15) is 29.6 Å². The fraction of sp³-hybridized carbons (Fsp3) is 0.462. The molecule has 0 heterocycles. The third kappa shape index (κ3) is 2.26. The van der Waals surface area contributed by atoms with Crippen LogP contribution in [0.4, 0.5) is 5.69 Å². The molecule has 0 atom stereocenters. The number of nitrogens with two attached hydrogens (primary N) is 1. The Balaban J connectivity index is 2.14. The van der Waals surface area contributed by atoms with Gasteiger partial charge in [-0.05, 0) is 31.4 Å². The number of ether oxygens (including phenoxy) is 1. The van der Waals surface area contributed by atoms with Crippen LogP contribution in [0.15, 0.2) is 18.2 Å². The number of rotatable bonds is 4. The number of benzene rings is 1. The average Bonchev–Trinajstić information content (AvgIpc) is 2.33. The number of hydrogen-bond acceptors (Lipinski definition) is 4. The van der Waals surface area contributed by atoms with Crippen LogP contribution in [0.3, 0.4) is 0 Å². The summed E-state index contributed by atoms with van der Waals surface area (Å²) in [6.07, 6.45) is 2.65. The number of nitrogens with one attached hydrogen (secondary N) is 1. The molecule has 1 aromatic carbocycles. The van der Waals surface area contributed by atoms with Crippen LogP contribution in [-0.2, 0) is 0 Å². The molecule has 0 aromatic heterocycles. The first-order chi connectivity index (χ1) is 8.60. The van der Waals surface area contributed by atoms with Gasteiger partial charge < -0.3 is 20.9 Å². The van der Waals surface area contributed by atoms with E-state index in [0.29, 0.717) is 17.0 Å². The van der Waals surface area contributed by atoms with E-state index in [1.165, 1.54) is 0 Å². The third-order valence-corrected chi connectivity index (χ3v) is 3.50. The molecule has 1 aromatic rings. The third-order valence-electron chi connectivity index (χ3n) is 3.50. The summed E-state index contributed by atoms with van der Waals surface area (Å²) in [5.41, 5.74) is 6.15. The van der Waals surface area contributed by atoms with E-state index in [2.05, 4.69) is 5.32 Å². The van der Waals surface area contributed by atoms with E-state index >= 15 is 0 Å². The number of aliphatic hydroxyl groups is 1. The molecule has 0 unspecified atom stereocenters. The zero-order chi connectivity index (χ0) is 13.2. The van der Waals surface area contributed by atoms with Crippen molar-refractivity contribution in [3.63, 3.8) is 0 Å². The standard InChI is InChI=1S/C13H18N2O3/c1-18-9-3-4-10(11(14)7-9)12(17)15-13(8-16)5-2-6-13/h3-4,7,16H,2,5-6,8,14H2,1H3,(H,15,17). The Morgan fingerprint density at radius 1 is 1.56 bits per heavy atom. The maximum absolute atomic E-state index is 12.1. The molecule has 0 spiro atoms. The topological polar surface area (TPSA) is 84.6 Å². The number of carbonyl (C=O) groups excluding carboxylic acids is 1. The lowest BCUT2D eigenvalue weighted by Crippen LogP contribution is -2.56. The maximum Gasteiger partial charge on any atom is 0.253 e. The molecule has 18 heavy (non-hydrogen) atoms. The molecule has 1 aliphatic rings. The molecule has 0 radical (unpaired) electrons. The molecule has 0 aliphatic heterocycles. The SMILES string of the molecule is COc1ccc(C(=O)NC2(CO)CCC2)c(N)c1.